The molecule has 2 aromatic heterocycles. The number of nitrogens with zero attached hydrogens (tertiary/aromatic N) is 1. The Labute approximate surface area is 80.4 Å². The lowest BCUT2D eigenvalue weighted by atomic mass is 10.3. The molecule has 0 aromatic carbocycles. The Bertz CT molecular complexity index is 375. The highest BCUT2D eigenvalue weighted by atomic mass is 32.1. The topological polar surface area (TPSA) is 22.0 Å². The van der Waals surface area contributed by atoms with E-state index in [4.69, 9.17) is 0 Å². The lowest BCUT2D eigenvalue weighted by Crippen LogP contribution is -2.10. The van der Waals surface area contributed by atoms with Crippen LogP contribution in [0.4, 0.5) is 0 Å². The Kier molecular flexibility index (Phi) is 2.27. The summed E-state index contributed by atoms with van der Waals surface area (Å²) in [6, 6.07) is 7.65. The van der Waals surface area contributed by atoms with Crippen molar-refractivity contribution in [3.8, 4) is 0 Å². The fourth-order valence-corrected chi connectivity index (χ4v) is 1.85. The summed E-state index contributed by atoms with van der Waals surface area (Å²) in [5, 5.41) is 1.98. The van der Waals surface area contributed by atoms with Gasteiger partial charge in [-0.05, 0) is 23.6 Å². The molecule has 0 aliphatic rings. The van der Waals surface area contributed by atoms with Gasteiger partial charge in [0.05, 0.1) is 6.42 Å². The van der Waals surface area contributed by atoms with E-state index in [1.54, 1.807) is 28.3 Å². The van der Waals surface area contributed by atoms with Gasteiger partial charge in [-0.15, -0.1) is 11.3 Å². The van der Waals surface area contributed by atoms with Gasteiger partial charge in [0.25, 0.3) is 0 Å². The minimum atomic E-state index is 0.118. The van der Waals surface area contributed by atoms with Crippen molar-refractivity contribution in [1.82, 2.24) is 4.57 Å². The third-order valence-electron chi connectivity index (χ3n) is 1.80. The standard InChI is InChI=1S/C10H9NOS/c12-10(11-5-1-2-6-11)8-9-4-3-7-13-9/h1-7H,8H2. The SMILES string of the molecule is O=C(Cc1cccs1)n1cccc1. The fourth-order valence-electron chi connectivity index (χ4n) is 1.15. The summed E-state index contributed by atoms with van der Waals surface area (Å²) >= 11 is 1.61. The summed E-state index contributed by atoms with van der Waals surface area (Å²) in [6.07, 6.45) is 4.04. The molecule has 0 fully saturated rings. The number of carbonyl (C=O) groups is 1. The van der Waals surface area contributed by atoms with Crippen LogP contribution in [0.1, 0.15) is 9.67 Å². The van der Waals surface area contributed by atoms with E-state index in [0.29, 0.717) is 6.42 Å². The van der Waals surface area contributed by atoms with Gasteiger partial charge < -0.3 is 0 Å². The van der Waals surface area contributed by atoms with Crippen LogP contribution in [0.5, 0.6) is 0 Å². The second-order valence-corrected chi connectivity index (χ2v) is 3.77. The average molecular weight is 191 g/mol. The lowest BCUT2D eigenvalue weighted by Gasteiger charge is -1.98. The van der Waals surface area contributed by atoms with Crippen molar-refractivity contribution in [2.24, 2.45) is 0 Å². The minimum Gasteiger partial charge on any atom is -0.294 e. The molecule has 0 radical (unpaired) electrons. The number of hydrogen-bond donors (Lipinski definition) is 0. The van der Waals surface area contributed by atoms with Crippen LogP contribution in [0.15, 0.2) is 42.0 Å². The van der Waals surface area contributed by atoms with Crippen LogP contribution in [-0.4, -0.2) is 10.5 Å². The molecular formula is C10H9NOS. The maximum atomic E-state index is 11.5. The molecule has 66 valence electrons. The summed E-state index contributed by atoms with van der Waals surface area (Å²) in [4.78, 5) is 12.7. The summed E-state index contributed by atoms with van der Waals surface area (Å²) in [5.74, 6) is 0.118. The molecule has 0 atom stereocenters. The maximum Gasteiger partial charge on any atom is 0.235 e. The molecule has 0 N–H and O–H groups in total. The van der Waals surface area contributed by atoms with Gasteiger partial charge in [-0.2, -0.15) is 0 Å². The first-order valence-electron chi connectivity index (χ1n) is 4.05. The molecule has 0 saturated carbocycles. The highest BCUT2D eigenvalue weighted by Gasteiger charge is 2.04. The van der Waals surface area contributed by atoms with E-state index in [2.05, 4.69) is 0 Å². The van der Waals surface area contributed by atoms with Crippen molar-refractivity contribution in [2.75, 3.05) is 0 Å². The molecule has 0 bridgehead atoms. The van der Waals surface area contributed by atoms with Crippen molar-refractivity contribution in [3.63, 3.8) is 0 Å². The Hall–Kier alpha value is -1.35. The van der Waals surface area contributed by atoms with Gasteiger partial charge in [0.2, 0.25) is 5.91 Å². The van der Waals surface area contributed by atoms with Gasteiger partial charge in [0.15, 0.2) is 0 Å². The number of thiophene rings is 1. The van der Waals surface area contributed by atoms with Crippen molar-refractivity contribution in [2.45, 2.75) is 6.42 Å². The third kappa shape index (κ3) is 1.87. The average Bonchev–Trinajstić information content (AvgIpc) is 2.74. The van der Waals surface area contributed by atoms with E-state index in [0.717, 1.165) is 4.88 Å². The molecule has 2 rings (SSSR count). The van der Waals surface area contributed by atoms with Gasteiger partial charge in [-0.1, -0.05) is 6.07 Å². The van der Waals surface area contributed by atoms with Crippen LogP contribution in [0.25, 0.3) is 0 Å². The predicted octanol–water partition coefficient (Wildman–Crippen LogP) is 2.43. The van der Waals surface area contributed by atoms with Crippen LogP contribution in [-0.2, 0) is 6.42 Å². The van der Waals surface area contributed by atoms with Crippen molar-refractivity contribution in [1.29, 1.82) is 0 Å². The van der Waals surface area contributed by atoms with Crippen molar-refractivity contribution < 1.29 is 4.79 Å². The molecule has 2 nitrogen and oxygen atoms in total. The maximum absolute atomic E-state index is 11.5. The van der Waals surface area contributed by atoms with Gasteiger partial charge in [-0.25, -0.2) is 0 Å². The van der Waals surface area contributed by atoms with E-state index < -0.39 is 0 Å². The van der Waals surface area contributed by atoms with Crippen LogP contribution in [0.2, 0.25) is 0 Å². The first-order chi connectivity index (χ1) is 6.36. The first kappa shape index (κ1) is 8.26. The Balaban J connectivity index is 2.08. The van der Waals surface area contributed by atoms with E-state index in [-0.39, 0.29) is 5.91 Å². The normalized spacial score (nSPS) is 10.2. The molecular weight excluding hydrogens is 182 g/mol. The molecule has 3 heteroatoms. The molecule has 2 heterocycles. The van der Waals surface area contributed by atoms with Gasteiger partial charge in [-0.3, -0.25) is 9.36 Å². The minimum absolute atomic E-state index is 0.118. The van der Waals surface area contributed by atoms with Crippen LogP contribution >= 0.6 is 11.3 Å². The summed E-state index contributed by atoms with van der Waals surface area (Å²) < 4.78 is 1.61. The van der Waals surface area contributed by atoms with Gasteiger partial charge in [0.1, 0.15) is 0 Å². The van der Waals surface area contributed by atoms with E-state index in [1.807, 2.05) is 29.6 Å². The number of hydrogen-bond acceptors (Lipinski definition) is 2. The Morgan fingerprint density at radius 1 is 1.31 bits per heavy atom. The largest absolute Gasteiger partial charge is 0.294 e. The van der Waals surface area contributed by atoms with E-state index in [1.165, 1.54) is 0 Å². The number of aromatic nitrogens is 1. The van der Waals surface area contributed by atoms with Gasteiger partial charge >= 0.3 is 0 Å². The summed E-state index contributed by atoms with van der Waals surface area (Å²) in [7, 11) is 0. The zero-order valence-corrected chi connectivity index (χ0v) is 7.83. The zero-order valence-electron chi connectivity index (χ0n) is 7.01. The number of rotatable bonds is 2. The van der Waals surface area contributed by atoms with E-state index >= 15 is 0 Å². The second kappa shape index (κ2) is 3.58. The quantitative estimate of drug-likeness (QED) is 0.714. The Morgan fingerprint density at radius 2 is 2.08 bits per heavy atom. The highest BCUT2D eigenvalue weighted by molar-refractivity contribution is 7.10. The lowest BCUT2D eigenvalue weighted by molar-refractivity contribution is 0.0915. The van der Waals surface area contributed by atoms with Crippen LogP contribution in [0.3, 0.4) is 0 Å². The van der Waals surface area contributed by atoms with E-state index in [9.17, 15) is 4.79 Å². The molecule has 0 amide bonds. The number of carbonyl (C=O) groups excluding carboxylic acids is 1. The summed E-state index contributed by atoms with van der Waals surface area (Å²) in [5.41, 5.74) is 0. The molecule has 13 heavy (non-hydrogen) atoms. The monoisotopic (exact) mass is 191 g/mol. The molecule has 0 saturated heterocycles. The molecule has 2 aromatic rings. The smallest absolute Gasteiger partial charge is 0.235 e. The summed E-state index contributed by atoms with van der Waals surface area (Å²) in [6.45, 7) is 0. The third-order valence-corrected chi connectivity index (χ3v) is 2.67. The highest BCUT2D eigenvalue weighted by Crippen LogP contribution is 2.10. The van der Waals surface area contributed by atoms with Gasteiger partial charge in [0, 0.05) is 17.3 Å². The van der Waals surface area contributed by atoms with Crippen LogP contribution in [0, 0.1) is 0 Å². The van der Waals surface area contributed by atoms with Crippen LogP contribution < -0.4 is 0 Å². The molecule has 0 aliphatic carbocycles. The predicted molar refractivity (Wildman–Crippen MR) is 53.1 cm³/mol. The Morgan fingerprint density at radius 3 is 2.69 bits per heavy atom. The van der Waals surface area contributed by atoms with Crippen molar-refractivity contribution in [3.05, 3.63) is 46.9 Å². The van der Waals surface area contributed by atoms with Crippen molar-refractivity contribution >= 4 is 17.2 Å². The zero-order chi connectivity index (χ0) is 9.10. The fraction of sp³-hybridized carbons (Fsp3) is 0.100. The molecule has 0 aliphatic heterocycles. The molecule has 0 spiro atoms. The second-order valence-electron chi connectivity index (χ2n) is 2.74. The first-order valence-corrected chi connectivity index (χ1v) is 4.93. The molecule has 0 unspecified atom stereocenters.